The highest BCUT2D eigenvalue weighted by Crippen LogP contribution is 2.31. The zero-order valence-corrected chi connectivity index (χ0v) is 13.1. The van der Waals surface area contributed by atoms with Crippen LogP contribution in [0.5, 0.6) is 0 Å². The summed E-state index contributed by atoms with van der Waals surface area (Å²) < 4.78 is 0. The summed E-state index contributed by atoms with van der Waals surface area (Å²) in [6.45, 7) is 3.33. The normalized spacial score (nSPS) is 23.0. The second kappa shape index (κ2) is 9.77. The van der Waals surface area contributed by atoms with E-state index in [0.717, 1.165) is 44.9 Å². The molecule has 1 fully saturated rings. The zero-order chi connectivity index (χ0) is 15.7. The zero-order valence-electron chi connectivity index (χ0n) is 13.1. The molecular weight excluding hydrogens is 268 g/mol. The van der Waals surface area contributed by atoms with Gasteiger partial charge < -0.3 is 16.2 Å². The van der Waals surface area contributed by atoms with Crippen LogP contribution in [0.4, 0.5) is 0 Å². The van der Waals surface area contributed by atoms with Gasteiger partial charge in [-0.1, -0.05) is 26.2 Å². The number of carboxylic acids is 1. The third kappa shape index (κ3) is 6.46. The largest absolute Gasteiger partial charge is 0.481 e. The first kappa shape index (κ1) is 18.0. The van der Waals surface area contributed by atoms with Gasteiger partial charge in [-0.2, -0.15) is 0 Å². The Hall–Kier alpha value is -1.10. The van der Waals surface area contributed by atoms with Crippen LogP contribution in [0.2, 0.25) is 0 Å². The predicted molar refractivity (Wildman–Crippen MR) is 82.8 cm³/mol. The van der Waals surface area contributed by atoms with Gasteiger partial charge >= 0.3 is 5.97 Å². The van der Waals surface area contributed by atoms with Gasteiger partial charge in [0.25, 0.3) is 0 Å². The van der Waals surface area contributed by atoms with Gasteiger partial charge in [0.1, 0.15) is 0 Å². The lowest BCUT2D eigenvalue weighted by molar-refractivity contribution is -0.143. The van der Waals surface area contributed by atoms with Gasteiger partial charge in [-0.3, -0.25) is 9.59 Å². The van der Waals surface area contributed by atoms with Crippen LogP contribution in [0.15, 0.2) is 0 Å². The molecular formula is C16H30N2O3. The first-order valence-corrected chi connectivity index (χ1v) is 8.28. The first-order valence-electron chi connectivity index (χ1n) is 8.28. The molecule has 0 aliphatic heterocycles. The van der Waals surface area contributed by atoms with Gasteiger partial charge in [-0.15, -0.1) is 0 Å². The molecule has 0 aromatic heterocycles. The van der Waals surface area contributed by atoms with Gasteiger partial charge in [0.2, 0.25) is 5.91 Å². The number of nitrogens with one attached hydrogen (secondary N) is 1. The number of nitrogens with two attached hydrogens (primary N) is 1. The maximum atomic E-state index is 11.9. The summed E-state index contributed by atoms with van der Waals surface area (Å²) in [4.78, 5) is 23.0. The number of hydrogen-bond donors (Lipinski definition) is 3. The number of rotatable bonds is 10. The second-order valence-electron chi connectivity index (χ2n) is 6.21. The minimum Gasteiger partial charge on any atom is -0.481 e. The summed E-state index contributed by atoms with van der Waals surface area (Å²) in [5.41, 5.74) is 5.59. The maximum Gasteiger partial charge on any atom is 0.306 e. The van der Waals surface area contributed by atoms with Gasteiger partial charge in [0.05, 0.1) is 5.92 Å². The molecule has 21 heavy (non-hydrogen) atoms. The average molecular weight is 298 g/mol. The van der Waals surface area contributed by atoms with Crippen molar-refractivity contribution in [2.45, 2.75) is 58.3 Å². The fraction of sp³-hybridized carbons (Fsp3) is 0.875. The molecule has 0 radical (unpaired) electrons. The third-order valence-electron chi connectivity index (χ3n) is 4.59. The SMILES string of the molecule is CCCC(CCN)CCC(=O)NCC1CCCC1C(=O)O. The molecule has 0 saturated heterocycles. The molecule has 1 aliphatic carbocycles. The molecule has 1 amide bonds. The van der Waals surface area contributed by atoms with Crippen molar-refractivity contribution >= 4 is 11.9 Å². The lowest BCUT2D eigenvalue weighted by Crippen LogP contribution is -2.33. The van der Waals surface area contributed by atoms with E-state index in [1.165, 1.54) is 0 Å². The standard InChI is InChI=1S/C16H30N2O3/c1-2-4-12(9-10-17)7-8-15(19)18-11-13-5-3-6-14(13)16(20)21/h12-14H,2-11,17H2,1H3,(H,18,19)(H,20,21). The highest BCUT2D eigenvalue weighted by atomic mass is 16.4. The van der Waals surface area contributed by atoms with E-state index in [2.05, 4.69) is 12.2 Å². The van der Waals surface area contributed by atoms with Crippen molar-refractivity contribution < 1.29 is 14.7 Å². The summed E-state index contributed by atoms with van der Waals surface area (Å²) in [6, 6.07) is 0. The van der Waals surface area contributed by atoms with Crippen molar-refractivity contribution in [2.75, 3.05) is 13.1 Å². The minimum atomic E-state index is -0.724. The van der Waals surface area contributed by atoms with Crippen LogP contribution in [0.1, 0.15) is 58.3 Å². The smallest absolute Gasteiger partial charge is 0.306 e. The minimum absolute atomic E-state index is 0.0455. The fourth-order valence-corrected chi connectivity index (χ4v) is 3.35. The number of amides is 1. The Morgan fingerprint density at radius 3 is 2.67 bits per heavy atom. The molecule has 5 heteroatoms. The summed E-state index contributed by atoms with van der Waals surface area (Å²) in [7, 11) is 0. The molecule has 0 bridgehead atoms. The molecule has 0 aromatic carbocycles. The molecule has 1 aliphatic rings. The Morgan fingerprint density at radius 1 is 1.29 bits per heavy atom. The van der Waals surface area contributed by atoms with Crippen molar-refractivity contribution in [1.82, 2.24) is 5.32 Å². The van der Waals surface area contributed by atoms with Crippen molar-refractivity contribution in [3.05, 3.63) is 0 Å². The first-order chi connectivity index (χ1) is 10.1. The van der Waals surface area contributed by atoms with E-state index < -0.39 is 5.97 Å². The third-order valence-corrected chi connectivity index (χ3v) is 4.59. The molecule has 0 aromatic rings. The Balaban J connectivity index is 2.25. The van der Waals surface area contributed by atoms with E-state index in [4.69, 9.17) is 10.8 Å². The Labute approximate surface area is 127 Å². The highest BCUT2D eigenvalue weighted by Gasteiger charge is 2.32. The predicted octanol–water partition coefficient (Wildman–Crippen LogP) is 2.15. The van der Waals surface area contributed by atoms with E-state index in [-0.39, 0.29) is 17.7 Å². The van der Waals surface area contributed by atoms with Crippen molar-refractivity contribution in [3.63, 3.8) is 0 Å². The lowest BCUT2D eigenvalue weighted by Gasteiger charge is -2.18. The van der Waals surface area contributed by atoms with Crippen molar-refractivity contribution in [2.24, 2.45) is 23.5 Å². The van der Waals surface area contributed by atoms with Gasteiger partial charge in [-0.05, 0) is 44.1 Å². The molecule has 0 spiro atoms. The van der Waals surface area contributed by atoms with E-state index in [1.807, 2.05) is 0 Å². The topological polar surface area (TPSA) is 92.4 Å². The Kier molecular flexibility index (Phi) is 8.35. The molecule has 5 nitrogen and oxygen atoms in total. The quantitative estimate of drug-likeness (QED) is 0.576. The Morgan fingerprint density at radius 2 is 2.05 bits per heavy atom. The van der Waals surface area contributed by atoms with Crippen LogP contribution < -0.4 is 11.1 Å². The number of hydrogen-bond acceptors (Lipinski definition) is 3. The lowest BCUT2D eigenvalue weighted by atomic mass is 9.94. The molecule has 4 N–H and O–H groups in total. The van der Waals surface area contributed by atoms with Crippen molar-refractivity contribution in [1.29, 1.82) is 0 Å². The van der Waals surface area contributed by atoms with E-state index in [1.54, 1.807) is 0 Å². The van der Waals surface area contributed by atoms with E-state index >= 15 is 0 Å². The number of carboxylic acid groups (broad SMARTS) is 1. The molecule has 1 rings (SSSR count). The van der Waals surface area contributed by atoms with Gasteiger partial charge in [0.15, 0.2) is 0 Å². The second-order valence-corrected chi connectivity index (χ2v) is 6.21. The highest BCUT2D eigenvalue weighted by molar-refractivity contribution is 5.76. The van der Waals surface area contributed by atoms with Crippen LogP contribution in [0.25, 0.3) is 0 Å². The van der Waals surface area contributed by atoms with Crippen molar-refractivity contribution in [3.8, 4) is 0 Å². The number of aliphatic carboxylic acids is 1. The average Bonchev–Trinajstić information content (AvgIpc) is 2.91. The van der Waals surface area contributed by atoms with Crippen LogP contribution >= 0.6 is 0 Å². The summed E-state index contributed by atoms with van der Waals surface area (Å²) in [5, 5.41) is 12.0. The molecule has 1 saturated carbocycles. The fourth-order valence-electron chi connectivity index (χ4n) is 3.35. The number of carbonyl (C=O) groups is 2. The number of carbonyl (C=O) groups excluding carboxylic acids is 1. The monoisotopic (exact) mass is 298 g/mol. The summed E-state index contributed by atoms with van der Waals surface area (Å²) in [6.07, 6.45) is 7.22. The summed E-state index contributed by atoms with van der Waals surface area (Å²) in [5.74, 6) is -0.330. The van der Waals surface area contributed by atoms with Gasteiger partial charge in [-0.25, -0.2) is 0 Å². The molecule has 3 atom stereocenters. The maximum absolute atomic E-state index is 11.9. The molecule has 0 heterocycles. The van der Waals surface area contributed by atoms with Crippen LogP contribution in [0, 0.1) is 17.8 Å². The molecule has 3 unspecified atom stereocenters. The Bertz CT molecular complexity index is 327. The van der Waals surface area contributed by atoms with Gasteiger partial charge in [0, 0.05) is 13.0 Å². The van der Waals surface area contributed by atoms with Crippen LogP contribution in [-0.2, 0) is 9.59 Å². The summed E-state index contributed by atoms with van der Waals surface area (Å²) >= 11 is 0. The van der Waals surface area contributed by atoms with Crippen LogP contribution in [0.3, 0.4) is 0 Å². The van der Waals surface area contributed by atoms with Crippen LogP contribution in [-0.4, -0.2) is 30.1 Å². The molecule has 122 valence electrons. The van der Waals surface area contributed by atoms with E-state index in [9.17, 15) is 9.59 Å². The van der Waals surface area contributed by atoms with E-state index in [0.29, 0.717) is 25.4 Å².